The van der Waals surface area contributed by atoms with Gasteiger partial charge in [0.25, 0.3) is 0 Å². The summed E-state index contributed by atoms with van der Waals surface area (Å²) in [6, 6.07) is 18.2. The third-order valence-electron chi connectivity index (χ3n) is 10.6. The van der Waals surface area contributed by atoms with Crippen LogP contribution in [0.5, 0.6) is 0 Å². The number of hydrogen-bond acceptors (Lipinski definition) is 9. The lowest BCUT2D eigenvalue weighted by atomic mass is 9.98. The number of nitrogens with zero attached hydrogens (tertiary/aromatic N) is 4. The van der Waals surface area contributed by atoms with Gasteiger partial charge in [0.1, 0.15) is 23.7 Å². The number of methoxy groups -OCH3 is 1. The smallest absolute Gasteiger partial charge is 0.407 e. The highest BCUT2D eigenvalue weighted by atomic mass is 16.5. The minimum atomic E-state index is -1.13. The molecule has 0 unspecified atom stereocenters. The number of aromatic nitrogens is 4. The van der Waals surface area contributed by atoms with Gasteiger partial charge in [0.05, 0.1) is 55.2 Å². The van der Waals surface area contributed by atoms with Crippen molar-refractivity contribution in [3.63, 3.8) is 0 Å². The molecule has 2 aliphatic heterocycles. The Balaban J connectivity index is 1.03. The van der Waals surface area contributed by atoms with Gasteiger partial charge in [-0.3, -0.25) is 9.59 Å². The molecule has 6 atom stereocenters. The first-order chi connectivity index (χ1) is 26.0. The molecule has 3 aromatic carbocycles. The zero-order chi connectivity index (χ0) is 38.1. The summed E-state index contributed by atoms with van der Waals surface area (Å²) in [5.41, 5.74) is 11.7. The molecule has 4 heterocycles. The van der Waals surface area contributed by atoms with E-state index in [0.29, 0.717) is 31.2 Å². The maximum atomic E-state index is 13.4. The number of fused-ring (bicyclic) bond motifs is 1. The Morgan fingerprint density at radius 1 is 0.759 bits per heavy atom. The topological polar surface area (TPSA) is 203 Å². The highest BCUT2D eigenvalue weighted by Crippen LogP contribution is 2.35. The number of aliphatic hydroxyl groups excluding tert-OH is 2. The van der Waals surface area contributed by atoms with Gasteiger partial charge in [-0.05, 0) is 79.1 Å². The van der Waals surface area contributed by atoms with Gasteiger partial charge in [0.2, 0.25) is 11.8 Å². The number of likely N-dealkylation sites (tertiary alicyclic amines) is 2. The number of nitrogens with two attached hydrogens (primary N) is 1. The highest BCUT2D eigenvalue weighted by Gasteiger charge is 2.38. The van der Waals surface area contributed by atoms with Crippen LogP contribution < -0.4 is 11.1 Å². The molecule has 2 fully saturated rings. The quantitative estimate of drug-likeness (QED) is 0.120. The fraction of sp³-hybridized carbons (Fsp3) is 0.375. The van der Waals surface area contributed by atoms with Crippen molar-refractivity contribution in [2.45, 2.75) is 75.9 Å². The number of H-pyrrole nitrogens is 2. The van der Waals surface area contributed by atoms with Crippen LogP contribution in [0.15, 0.2) is 73.1 Å². The zero-order valence-electron chi connectivity index (χ0n) is 30.5. The third-order valence-corrected chi connectivity index (χ3v) is 10.6. The van der Waals surface area contributed by atoms with Gasteiger partial charge in [-0.25, -0.2) is 14.8 Å². The summed E-state index contributed by atoms with van der Waals surface area (Å²) in [5, 5.41) is 24.7. The Labute approximate surface area is 312 Å². The Hall–Kier alpha value is -5.57. The van der Waals surface area contributed by atoms with Gasteiger partial charge >= 0.3 is 6.09 Å². The van der Waals surface area contributed by atoms with Gasteiger partial charge in [0, 0.05) is 18.7 Å². The number of aliphatic hydroxyl groups is 2. The second-order valence-corrected chi connectivity index (χ2v) is 14.2. The molecule has 0 radical (unpaired) electrons. The molecular formula is C40H46N8O6. The van der Waals surface area contributed by atoms with E-state index in [1.165, 1.54) is 21.0 Å². The summed E-state index contributed by atoms with van der Waals surface area (Å²) in [7, 11) is 1.21. The standard InChI is InChI=1S/C40H46N8O6/c1-22(49)34(41)38(51)47-16-4-6-32(47)36-43-21-31(45-36)29-15-14-27-18-26(12-13-28(27)19-29)24-8-10-25(11-9-24)30-20-42-37(44-30)33-7-5-17-48(33)39(52)35(23(2)50)46-40(53)54-3/h8-15,18-23,32-35,49-50H,4-7,16-17,41H2,1-3H3,(H,42,44)(H,43,45)(H,46,53)/t22-,23-,32+,33+,34+,35+/m1/s1. The molecule has 0 saturated carbocycles. The second kappa shape index (κ2) is 15.4. The number of aromatic amines is 2. The Morgan fingerprint density at radius 3 is 1.81 bits per heavy atom. The van der Waals surface area contributed by atoms with Gasteiger partial charge in [0.15, 0.2) is 0 Å². The van der Waals surface area contributed by atoms with Crippen LogP contribution in [0.4, 0.5) is 4.79 Å². The maximum absolute atomic E-state index is 13.4. The SMILES string of the molecule is COC(=O)N[C@H](C(=O)N1CCC[C@H]1c1ncc(-c2ccc(-c3ccc4cc(-c5cnc([C@@H]6CCCN6C(=O)[C@@H](N)[C@@H](C)O)[nH]5)ccc4c3)cc2)[nH]1)[C@@H](C)O. The van der Waals surface area contributed by atoms with E-state index in [9.17, 15) is 24.6 Å². The molecule has 54 heavy (non-hydrogen) atoms. The highest BCUT2D eigenvalue weighted by molar-refractivity contribution is 5.91. The average molecular weight is 735 g/mol. The van der Waals surface area contributed by atoms with E-state index in [1.54, 1.807) is 22.2 Å². The van der Waals surface area contributed by atoms with Crippen LogP contribution in [-0.4, -0.2) is 102 Å². The van der Waals surface area contributed by atoms with Crippen LogP contribution in [0.1, 0.15) is 63.3 Å². The van der Waals surface area contributed by atoms with Crippen molar-refractivity contribution >= 4 is 28.7 Å². The van der Waals surface area contributed by atoms with Crippen molar-refractivity contribution < 1.29 is 29.3 Å². The summed E-state index contributed by atoms with van der Waals surface area (Å²) in [6.07, 6.45) is 3.86. The summed E-state index contributed by atoms with van der Waals surface area (Å²) < 4.78 is 4.64. The van der Waals surface area contributed by atoms with Crippen molar-refractivity contribution in [2.24, 2.45) is 5.73 Å². The molecule has 14 nitrogen and oxygen atoms in total. The van der Waals surface area contributed by atoms with E-state index < -0.39 is 30.4 Å². The molecule has 3 amide bonds. The molecule has 0 spiro atoms. The van der Waals surface area contributed by atoms with Crippen LogP contribution in [0.2, 0.25) is 0 Å². The lowest BCUT2D eigenvalue weighted by Gasteiger charge is -2.29. The summed E-state index contributed by atoms with van der Waals surface area (Å²) in [5.74, 6) is 0.711. The molecule has 2 saturated heterocycles. The molecule has 282 valence electrons. The maximum Gasteiger partial charge on any atom is 0.407 e. The van der Waals surface area contributed by atoms with Crippen LogP contribution >= 0.6 is 0 Å². The van der Waals surface area contributed by atoms with Crippen molar-refractivity contribution in [1.29, 1.82) is 0 Å². The number of benzene rings is 3. The first kappa shape index (κ1) is 36.8. The number of carbonyl (C=O) groups excluding carboxylic acids is 3. The number of amides is 3. The second-order valence-electron chi connectivity index (χ2n) is 14.2. The number of nitrogens with one attached hydrogen (secondary N) is 3. The number of carbonyl (C=O) groups is 3. The Morgan fingerprint density at radius 2 is 1.26 bits per heavy atom. The van der Waals surface area contributed by atoms with Gasteiger partial charge in [-0.2, -0.15) is 0 Å². The van der Waals surface area contributed by atoms with E-state index in [1.807, 2.05) is 12.1 Å². The number of imidazole rings is 2. The van der Waals surface area contributed by atoms with Crippen molar-refractivity contribution in [3.05, 3.63) is 84.7 Å². The van der Waals surface area contributed by atoms with Crippen LogP contribution in [0.3, 0.4) is 0 Å². The molecule has 0 bridgehead atoms. The summed E-state index contributed by atoms with van der Waals surface area (Å²) >= 11 is 0. The predicted octanol–water partition coefficient (Wildman–Crippen LogP) is 4.43. The molecule has 0 aliphatic carbocycles. The van der Waals surface area contributed by atoms with Crippen LogP contribution in [-0.2, 0) is 14.3 Å². The van der Waals surface area contributed by atoms with E-state index in [0.717, 1.165) is 63.7 Å². The minimum Gasteiger partial charge on any atom is -0.453 e. The molecule has 5 aromatic rings. The fourth-order valence-corrected chi connectivity index (χ4v) is 7.52. The van der Waals surface area contributed by atoms with Crippen molar-refractivity contribution in [2.75, 3.05) is 20.2 Å². The number of alkyl carbamates (subject to hydrolysis) is 1. The third kappa shape index (κ3) is 7.32. The number of hydrogen-bond donors (Lipinski definition) is 6. The molecule has 2 aromatic heterocycles. The van der Waals surface area contributed by atoms with Crippen molar-refractivity contribution in [3.8, 4) is 33.6 Å². The zero-order valence-corrected chi connectivity index (χ0v) is 30.5. The van der Waals surface area contributed by atoms with Crippen LogP contribution in [0, 0.1) is 0 Å². The largest absolute Gasteiger partial charge is 0.453 e. The first-order valence-electron chi connectivity index (χ1n) is 18.3. The minimum absolute atomic E-state index is 0.207. The van der Waals surface area contributed by atoms with Gasteiger partial charge < -0.3 is 45.8 Å². The van der Waals surface area contributed by atoms with E-state index >= 15 is 0 Å². The molecular weight excluding hydrogens is 688 g/mol. The normalized spacial score (nSPS) is 19.4. The lowest BCUT2D eigenvalue weighted by molar-refractivity contribution is -0.137. The number of rotatable bonds is 10. The molecule has 7 rings (SSSR count). The average Bonchev–Trinajstić information content (AvgIpc) is 4.02. The Bertz CT molecular complexity index is 2140. The van der Waals surface area contributed by atoms with E-state index in [2.05, 4.69) is 78.5 Å². The van der Waals surface area contributed by atoms with Crippen molar-refractivity contribution in [1.82, 2.24) is 35.1 Å². The summed E-state index contributed by atoms with van der Waals surface area (Å²) in [4.78, 5) is 57.5. The van der Waals surface area contributed by atoms with Crippen LogP contribution in [0.25, 0.3) is 44.4 Å². The first-order valence-corrected chi connectivity index (χ1v) is 18.3. The molecule has 2 aliphatic rings. The summed E-state index contributed by atoms with van der Waals surface area (Å²) in [6.45, 7) is 4.06. The monoisotopic (exact) mass is 734 g/mol. The molecule has 7 N–H and O–H groups in total. The van der Waals surface area contributed by atoms with Gasteiger partial charge in [-0.15, -0.1) is 0 Å². The predicted molar refractivity (Wildman–Crippen MR) is 203 cm³/mol. The molecule has 14 heteroatoms. The van der Waals surface area contributed by atoms with E-state index in [4.69, 9.17) is 5.73 Å². The fourth-order valence-electron chi connectivity index (χ4n) is 7.52. The van der Waals surface area contributed by atoms with Gasteiger partial charge in [-0.1, -0.05) is 48.5 Å². The lowest BCUT2D eigenvalue weighted by Crippen LogP contribution is -2.53. The number of ether oxygens (including phenoxy) is 1. The Kier molecular flexibility index (Phi) is 10.5. The van der Waals surface area contributed by atoms with E-state index in [-0.39, 0.29) is 23.9 Å².